The predicted octanol–water partition coefficient (Wildman–Crippen LogP) is 3.00. The molecule has 2 aliphatic rings. The highest BCUT2D eigenvalue weighted by molar-refractivity contribution is 14.0. The van der Waals surface area contributed by atoms with Crippen molar-refractivity contribution in [1.82, 2.24) is 15.5 Å². The van der Waals surface area contributed by atoms with Crippen LogP contribution in [0.5, 0.6) is 0 Å². The fraction of sp³-hybridized carbons (Fsp3) is 0.889. The molecule has 0 aliphatic heterocycles. The van der Waals surface area contributed by atoms with Gasteiger partial charge in [-0.1, -0.05) is 26.2 Å². The quantitative estimate of drug-likeness (QED) is 0.372. The van der Waals surface area contributed by atoms with Gasteiger partial charge in [0.15, 0.2) is 5.96 Å². The molecule has 2 N–H and O–H groups in total. The maximum Gasteiger partial charge on any atom is 0.230 e. The van der Waals surface area contributed by atoms with E-state index in [9.17, 15) is 4.79 Å². The van der Waals surface area contributed by atoms with E-state index in [1.165, 1.54) is 25.7 Å². The first-order valence-corrected chi connectivity index (χ1v) is 9.13. The van der Waals surface area contributed by atoms with Gasteiger partial charge in [0.1, 0.15) is 0 Å². The lowest BCUT2D eigenvalue weighted by Gasteiger charge is -2.41. The number of nitrogens with one attached hydrogen (secondary N) is 2. The van der Waals surface area contributed by atoms with Crippen LogP contribution in [0, 0.1) is 10.8 Å². The molecule has 1 amide bonds. The number of amides is 1. The largest absolute Gasteiger partial charge is 0.356 e. The van der Waals surface area contributed by atoms with Gasteiger partial charge < -0.3 is 15.5 Å². The van der Waals surface area contributed by atoms with Gasteiger partial charge in [-0.05, 0) is 37.5 Å². The molecule has 140 valence electrons. The van der Waals surface area contributed by atoms with Crippen LogP contribution in [-0.4, -0.2) is 51.0 Å². The third-order valence-electron chi connectivity index (χ3n) is 6.03. The van der Waals surface area contributed by atoms with Crippen molar-refractivity contribution in [3.05, 3.63) is 0 Å². The Labute approximate surface area is 164 Å². The van der Waals surface area contributed by atoms with Crippen molar-refractivity contribution in [2.45, 2.75) is 58.3 Å². The van der Waals surface area contributed by atoms with Crippen LogP contribution in [0.4, 0.5) is 0 Å². The van der Waals surface area contributed by atoms with Crippen LogP contribution in [0.1, 0.15) is 58.3 Å². The van der Waals surface area contributed by atoms with E-state index >= 15 is 0 Å². The van der Waals surface area contributed by atoms with Crippen molar-refractivity contribution < 1.29 is 4.79 Å². The average molecular weight is 450 g/mol. The number of hydrogen-bond donors (Lipinski definition) is 2. The van der Waals surface area contributed by atoms with Crippen LogP contribution in [0.2, 0.25) is 0 Å². The standard InChI is InChI=1S/C18H34N4O.HI/c1-5-17(9-8-10-17)13-20-16(19-2)21-14-18(11-6-7-12-18)15(23)22(3)4;/h5-14H2,1-4H3,(H2,19,20,21);1H. The first-order valence-electron chi connectivity index (χ1n) is 9.13. The van der Waals surface area contributed by atoms with Crippen molar-refractivity contribution in [1.29, 1.82) is 0 Å². The van der Waals surface area contributed by atoms with E-state index in [4.69, 9.17) is 0 Å². The summed E-state index contributed by atoms with van der Waals surface area (Å²) >= 11 is 0. The van der Waals surface area contributed by atoms with Crippen LogP contribution in [-0.2, 0) is 4.79 Å². The van der Waals surface area contributed by atoms with E-state index in [2.05, 4.69) is 22.5 Å². The van der Waals surface area contributed by atoms with Crippen molar-refractivity contribution in [3.8, 4) is 0 Å². The van der Waals surface area contributed by atoms with Crippen LogP contribution in [0.25, 0.3) is 0 Å². The molecule has 0 saturated heterocycles. The maximum atomic E-state index is 12.6. The molecule has 0 atom stereocenters. The summed E-state index contributed by atoms with van der Waals surface area (Å²) in [7, 11) is 5.53. The summed E-state index contributed by atoms with van der Waals surface area (Å²) in [6.07, 6.45) is 9.45. The smallest absolute Gasteiger partial charge is 0.230 e. The van der Waals surface area contributed by atoms with Crippen molar-refractivity contribution in [2.75, 3.05) is 34.2 Å². The van der Waals surface area contributed by atoms with Crippen molar-refractivity contribution >= 4 is 35.8 Å². The summed E-state index contributed by atoms with van der Waals surface area (Å²) < 4.78 is 0. The number of halogens is 1. The Morgan fingerprint density at radius 1 is 1.04 bits per heavy atom. The Morgan fingerprint density at radius 2 is 1.62 bits per heavy atom. The molecular formula is C18H35IN4O. The van der Waals surface area contributed by atoms with Gasteiger partial charge in [-0.25, -0.2) is 0 Å². The molecule has 0 aromatic carbocycles. The summed E-state index contributed by atoms with van der Waals surface area (Å²) in [5.74, 6) is 1.09. The average Bonchev–Trinajstić information content (AvgIpc) is 2.98. The molecule has 5 nitrogen and oxygen atoms in total. The van der Waals surface area contributed by atoms with E-state index in [1.807, 2.05) is 21.1 Å². The highest BCUT2D eigenvalue weighted by atomic mass is 127. The first-order chi connectivity index (χ1) is 11.0. The zero-order chi connectivity index (χ0) is 16.9. The summed E-state index contributed by atoms with van der Waals surface area (Å²) in [5.41, 5.74) is 0.210. The molecule has 2 saturated carbocycles. The lowest BCUT2D eigenvalue weighted by molar-refractivity contribution is -0.138. The molecule has 0 aromatic rings. The Kier molecular flexibility index (Phi) is 8.29. The lowest BCUT2D eigenvalue weighted by atomic mass is 9.67. The third kappa shape index (κ3) is 4.76. The number of nitrogens with zero attached hydrogens (tertiary/aromatic N) is 2. The lowest BCUT2D eigenvalue weighted by Crippen LogP contribution is -2.51. The minimum absolute atomic E-state index is 0. The number of rotatable bonds is 6. The Hall–Kier alpha value is -0.530. The molecule has 0 unspecified atom stereocenters. The van der Waals surface area contributed by atoms with Gasteiger partial charge in [0.25, 0.3) is 0 Å². The normalized spacial score (nSPS) is 21.4. The first kappa shape index (κ1) is 21.5. The van der Waals surface area contributed by atoms with E-state index in [0.717, 1.165) is 38.2 Å². The van der Waals surface area contributed by atoms with E-state index in [1.54, 1.807) is 4.90 Å². The van der Waals surface area contributed by atoms with Crippen LogP contribution < -0.4 is 10.6 Å². The number of carbonyl (C=O) groups excluding carboxylic acids is 1. The molecule has 0 heterocycles. The molecule has 6 heteroatoms. The van der Waals surface area contributed by atoms with E-state index < -0.39 is 0 Å². The molecule has 2 aliphatic carbocycles. The Balaban J connectivity index is 0.00000288. The molecule has 0 aromatic heterocycles. The van der Waals surface area contributed by atoms with Gasteiger partial charge in [-0.15, -0.1) is 24.0 Å². The molecule has 0 spiro atoms. The number of hydrogen-bond acceptors (Lipinski definition) is 2. The van der Waals surface area contributed by atoms with Crippen molar-refractivity contribution in [3.63, 3.8) is 0 Å². The predicted molar refractivity (Wildman–Crippen MR) is 111 cm³/mol. The second kappa shape index (κ2) is 9.25. The van der Waals surface area contributed by atoms with Gasteiger partial charge in [-0.2, -0.15) is 0 Å². The van der Waals surface area contributed by atoms with Gasteiger partial charge in [0, 0.05) is 34.2 Å². The summed E-state index contributed by atoms with van der Waals surface area (Å²) in [4.78, 5) is 18.7. The maximum absolute atomic E-state index is 12.6. The molecular weight excluding hydrogens is 415 g/mol. The summed E-state index contributed by atoms with van der Waals surface area (Å²) in [6.45, 7) is 3.95. The second-order valence-corrected chi connectivity index (χ2v) is 7.67. The van der Waals surface area contributed by atoms with Crippen LogP contribution in [0.15, 0.2) is 4.99 Å². The molecule has 2 fully saturated rings. The minimum atomic E-state index is -0.250. The van der Waals surface area contributed by atoms with E-state index in [0.29, 0.717) is 12.0 Å². The van der Waals surface area contributed by atoms with E-state index in [-0.39, 0.29) is 35.3 Å². The molecule has 24 heavy (non-hydrogen) atoms. The highest BCUT2D eigenvalue weighted by Crippen LogP contribution is 2.43. The van der Waals surface area contributed by atoms with Crippen LogP contribution in [0.3, 0.4) is 0 Å². The zero-order valence-electron chi connectivity index (χ0n) is 15.8. The van der Waals surface area contributed by atoms with Crippen molar-refractivity contribution in [2.24, 2.45) is 15.8 Å². The monoisotopic (exact) mass is 450 g/mol. The fourth-order valence-corrected chi connectivity index (χ4v) is 4.07. The molecule has 0 radical (unpaired) electrons. The highest BCUT2D eigenvalue weighted by Gasteiger charge is 2.42. The zero-order valence-corrected chi connectivity index (χ0v) is 18.1. The summed E-state index contributed by atoms with van der Waals surface area (Å²) in [6, 6.07) is 0. The third-order valence-corrected chi connectivity index (χ3v) is 6.03. The van der Waals surface area contributed by atoms with Gasteiger partial charge in [-0.3, -0.25) is 9.79 Å². The Bertz CT molecular complexity index is 435. The van der Waals surface area contributed by atoms with Gasteiger partial charge in [0.05, 0.1) is 5.41 Å². The number of aliphatic imine (C=N–C) groups is 1. The Morgan fingerprint density at radius 3 is 2.04 bits per heavy atom. The molecule has 0 bridgehead atoms. The fourth-order valence-electron chi connectivity index (χ4n) is 4.07. The van der Waals surface area contributed by atoms with Gasteiger partial charge in [0.2, 0.25) is 5.91 Å². The topological polar surface area (TPSA) is 56.7 Å². The number of carbonyl (C=O) groups is 1. The minimum Gasteiger partial charge on any atom is -0.356 e. The second-order valence-electron chi connectivity index (χ2n) is 7.67. The number of guanidine groups is 1. The molecule has 2 rings (SSSR count). The van der Waals surface area contributed by atoms with Gasteiger partial charge >= 0.3 is 0 Å². The van der Waals surface area contributed by atoms with Crippen LogP contribution >= 0.6 is 24.0 Å². The SMILES string of the molecule is CCC1(CNC(=NC)NCC2(C(=O)N(C)C)CCCC2)CCC1.I. The summed E-state index contributed by atoms with van der Waals surface area (Å²) in [5, 5.41) is 6.91.